The third-order valence-electron chi connectivity index (χ3n) is 3.06. The fourth-order valence-electron chi connectivity index (χ4n) is 1.98. The molecule has 7 heteroatoms. The van der Waals surface area contributed by atoms with E-state index < -0.39 is 11.9 Å². The summed E-state index contributed by atoms with van der Waals surface area (Å²) in [6, 6.07) is 12.9. The van der Waals surface area contributed by atoms with E-state index in [1.54, 1.807) is 42.5 Å². The Morgan fingerprint density at radius 3 is 2.42 bits per heavy atom. The van der Waals surface area contributed by atoms with Gasteiger partial charge in [0.15, 0.2) is 5.11 Å². The molecule has 1 amide bonds. The van der Waals surface area contributed by atoms with Gasteiger partial charge in [0.25, 0.3) is 5.91 Å². The lowest BCUT2D eigenvalue weighted by atomic mass is 10.2. The molecule has 0 unspecified atom stereocenters. The summed E-state index contributed by atoms with van der Waals surface area (Å²) in [5.41, 5.74) is 0.784. The van der Waals surface area contributed by atoms with E-state index in [1.807, 2.05) is 6.92 Å². The molecule has 0 aliphatic carbocycles. The van der Waals surface area contributed by atoms with Gasteiger partial charge in [-0.1, -0.05) is 12.1 Å². The summed E-state index contributed by atoms with van der Waals surface area (Å²) in [5, 5.41) is 14.4. The zero-order chi connectivity index (χ0) is 17.5. The van der Waals surface area contributed by atoms with Crippen molar-refractivity contribution in [2.24, 2.45) is 0 Å². The van der Waals surface area contributed by atoms with Gasteiger partial charge >= 0.3 is 5.97 Å². The molecule has 0 bridgehead atoms. The number of hydrogen-bond donors (Lipinski definition) is 3. The first-order valence-corrected chi connectivity index (χ1v) is 7.59. The molecule has 2 rings (SSSR count). The van der Waals surface area contributed by atoms with Gasteiger partial charge in [0.2, 0.25) is 0 Å². The number of anilines is 1. The first-order chi connectivity index (χ1) is 11.5. The van der Waals surface area contributed by atoms with Crippen molar-refractivity contribution in [3.8, 4) is 5.75 Å². The third kappa shape index (κ3) is 4.53. The van der Waals surface area contributed by atoms with Crippen molar-refractivity contribution in [2.75, 3.05) is 11.9 Å². The molecule has 0 aromatic heterocycles. The van der Waals surface area contributed by atoms with Crippen molar-refractivity contribution in [3.63, 3.8) is 0 Å². The topological polar surface area (TPSA) is 87.7 Å². The zero-order valence-electron chi connectivity index (χ0n) is 12.9. The summed E-state index contributed by atoms with van der Waals surface area (Å²) in [5.74, 6) is -0.813. The van der Waals surface area contributed by atoms with Gasteiger partial charge < -0.3 is 15.2 Å². The molecule has 0 heterocycles. The standard InChI is InChI=1S/C17H16N2O4S/c1-2-23-12-9-7-11(8-10-12)15(20)19-17(24)18-14-6-4-3-5-13(14)16(21)22/h3-10H,2H2,1H3,(H,21,22)(H2,18,19,20,24). The number of carbonyl (C=O) groups excluding carboxylic acids is 1. The summed E-state index contributed by atoms with van der Waals surface area (Å²) in [7, 11) is 0. The number of rotatable bonds is 5. The van der Waals surface area contributed by atoms with Crippen LogP contribution in [-0.2, 0) is 0 Å². The Labute approximate surface area is 144 Å². The summed E-state index contributed by atoms with van der Waals surface area (Å²) in [6.07, 6.45) is 0. The fourth-order valence-corrected chi connectivity index (χ4v) is 2.18. The van der Waals surface area contributed by atoms with Crippen LogP contribution in [0.5, 0.6) is 5.75 Å². The number of carboxylic acids is 1. The molecular weight excluding hydrogens is 328 g/mol. The van der Waals surface area contributed by atoms with Crippen LogP contribution >= 0.6 is 12.2 Å². The van der Waals surface area contributed by atoms with Crippen LogP contribution in [0.15, 0.2) is 48.5 Å². The van der Waals surface area contributed by atoms with E-state index in [2.05, 4.69) is 10.6 Å². The SMILES string of the molecule is CCOc1ccc(C(=O)NC(=S)Nc2ccccc2C(=O)O)cc1. The molecule has 0 aliphatic heterocycles. The van der Waals surface area contributed by atoms with Gasteiger partial charge in [-0.25, -0.2) is 4.79 Å². The minimum atomic E-state index is -1.08. The lowest BCUT2D eigenvalue weighted by molar-refractivity contribution is 0.0698. The van der Waals surface area contributed by atoms with Crippen LogP contribution in [0.2, 0.25) is 0 Å². The highest BCUT2D eigenvalue weighted by molar-refractivity contribution is 7.80. The Morgan fingerprint density at radius 2 is 1.79 bits per heavy atom. The number of carboxylic acid groups (broad SMARTS) is 1. The number of hydrogen-bond acceptors (Lipinski definition) is 4. The monoisotopic (exact) mass is 344 g/mol. The van der Waals surface area contributed by atoms with Crippen molar-refractivity contribution >= 4 is 34.9 Å². The molecular formula is C17H16N2O4S. The van der Waals surface area contributed by atoms with Gasteiger partial charge in [-0.15, -0.1) is 0 Å². The lowest BCUT2D eigenvalue weighted by Gasteiger charge is -2.11. The highest BCUT2D eigenvalue weighted by atomic mass is 32.1. The van der Waals surface area contributed by atoms with Crippen LogP contribution in [0, 0.1) is 0 Å². The predicted molar refractivity (Wildman–Crippen MR) is 94.7 cm³/mol. The summed E-state index contributed by atoms with van der Waals surface area (Å²) in [4.78, 5) is 23.3. The Kier molecular flexibility index (Phi) is 5.86. The number of ether oxygens (including phenoxy) is 1. The maximum absolute atomic E-state index is 12.1. The summed E-state index contributed by atoms with van der Waals surface area (Å²) in [6.45, 7) is 2.42. The highest BCUT2D eigenvalue weighted by Crippen LogP contribution is 2.15. The minimum Gasteiger partial charge on any atom is -0.494 e. The number of para-hydroxylation sites is 1. The minimum absolute atomic E-state index is 0.0163. The average Bonchev–Trinajstić information content (AvgIpc) is 2.56. The second kappa shape index (κ2) is 8.07. The van der Waals surface area contributed by atoms with E-state index in [9.17, 15) is 9.59 Å². The molecule has 2 aromatic carbocycles. The van der Waals surface area contributed by atoms with Crippen LogP contribution in [0.25, 0.3) is 0 Å². The van der Waals surface area contributed by atoms with E-state index in [1.165, 1.54) is 6.07 Å². The number of thiocarbonyl (C=S) groups is 1. The second-order valence-corrected chi connectivity index (χ2v) is 5.12. The summed E-state index contributed by atoms with van der Waals surface area (Å²) >= 11 is 5.07. The normalized spacial score (nSPS) is 9.88. The first-order valence-electron chi connectivity index (χ1n) is 7.18. The number of aromatic carboxylic acids is 1. The highest BCUT2D eigenvalue weighted by Gasteiger charge is 2.12. The lowest BCUT2D eigenvalue weighted by Crippen LogP contribution is -2.34. The maximum Gasteiger partial charge on any atom is 0.337 e. The Hall–Kier alpha value is -2.93. The van der Waals surface area contributed by atoms with Crippen LogP contribution in [0.3, 0.4) is 0 Å². The molecule has 0 radical (unpaired) electrons. The van der Waals surface area contributed by atoms with Gasteiger partial charge in [-0.05, 0) is 55.5 Å². The van der Waals surface area contributed by atoms with E-state index in [-0.39, 0.29) is 10.7 Å². The fraction of sp³-hybridized carbons (Fsp3) is 0.118. The molecule has 2 aromatic rings. The molecule has 0 saturated carbocycles. The molecule has 0 spiro atoms. The van der Waals surface area contributed by atoms with Crippen molar-refractivity contribution < 1.29 is 19.4 Å². The smallest absolute Gasteiger partial charge is 0.337 e. The van der Waals surface area contributed by atoms with Crippen molar-refractivity contribution in [2.45, 2.75) is 6.92 Å². The quantitative estimate of drug-likeness (QED) is 0.723. The van der Waals surface area contributed by atoms with Gasteiger partial charge in [0.1, 0.15) is 5.75 Å². The Bertz CT molecular complexity index is 759. The molecule has 0 saturated heterocycles. The van der Waals surface area contributed by atoms with Gasteiger partial charge in [0.05, 0.1) is 17.9 Å². The van der Waals surface area contributed by atoms with Gasteiger partial charge in [-0.3, -0.25) is 10.1 Å². The van der Waals surface area contributed by atoms with Crippen LogP contribution in [0.4, 0.5) is 5.69 Å². The summed E-state index contributed by atoms with van der Waals surface area (Å²) < 4.78 is 5.31. The number of carbonyl (C=O) groups is 2. The zero-order valence-corrected chi connectivity index (χ0v) is 13.7. The van der Waals surface area contributed by atoms with E-state index in [4.69, 9.17) is 22.1 Å². The van der Waals surface area contributed by atoms with Crippen LogP contribution < -0.4 is 15.4 Å². The average molecular weight is 344 g/mol. The molecule has 0 atom stereocenters. The number of nitrogens with one attached hydrogen (secondary N) is 2. The van der Waals surface area contributed by atoms with Gasteiger partial charge in [-0.2, -0.15) is 0 Å². The number of amides is 1. The predicted octanol–water partition coefficient (Wildman–Crippen LogP) is 2.91. The largest absolute Gasteiger partial charge is 0.494 e. The Balaban J connectivity index is 2.02. The molecule has 0 aliphatic rings. The van der Waals surface area contributed by atoms with Gasteiger partial charge in [0, 0.05) is 5.56 Å². The van der Waals surface area contributed by atoms with Crippen LogP contribution in [-0.4, -0.2) is 28.7 Å². The van der Waals surface area contributed by atoms with Crippen molar-refractivity contribution in [1.29, 1.82) is 0 Å². The van der Waals surface area contributed by atoms with Crippen LogP contribution in [0.1, 0.15) is 27.6 Å². The maximum atomic E-state index is 12.1. The van der Waals surface area contributed by atoms with Crippen molar-refractivity contribution in [3.05, 3.63) is 59.7 Å². The molecule has 124 valence electrons. The number of benzene rings is 2. The molecule has 24 heavy (non-hydrogen) atoms. The van der Waals surface area contributed by atoms with E-state index in [0.717, 1.165) is 0 Å². The Morgan fingerprint density at radius 1 is 1.12 bits per heavy atom. The third-order valence-corrected chi connectivity index (χ3v) is 3.26. The van der Waals surface area contributed by atoms with E-state index >= 15 is 0 Å². The van der Waals surface area contributed by atoms with E-state index in [0.29, 0.717) is 23.6 Å². The van der Waals surface area contributed by atoms with Crippen molar-refractivity contribution in [1.82, 2.24) is 5.32 Å². The molecule has 6 nitrogen and oxygen atoms in total. The first kappa shape index (κ1) is 17.4. The molecule has 0 fully saturated rings. The molecule has 3 N–H and O–H groups in total. The second-order valence-electron chi connectivity index (χ2n) is 4.72.